The summed E-state index contributed by atoms with van der Waals surface area (Å²) < 4.78 is 0. The lowest BCUT2D eigenvalue weighted by molar-refractivity contribution is -0.117. The van der Waals surface area contributed by atoms with Gasteiger partial charge in [-0.3, -0.25) is 9.59 Å². The molecule has 3 heteroatoms. The fourth-order valence-corrected chi connectivity index (χ4v) is 2.32. The number of nitrogens with zero attached hydrogens (tertiary/aromatic N) is 1. The first-order valence-corrected chi connectivity index (χ1v) is 5.81. The molecule has 0 bridgehead atoms. The minimum absolute atomic E-state index is 0.0184. The normalized spacial score (nSPS) is 17.5. The maximum Gasteiger partial charge on any atom is 0.259 e. The second-order valence-corrected chi connectivity index (χ2v) is 4.59. The molecule has 0 atom stereocenters. The van der Waals surface area contributed by atoms with Crippen LogP contribution in [-0.4, -0.2) is 23.1 Å². The highest BCUT2D eigenvalue weighted by Gasteiger charge is 2.36. The van der Waals surface area contributed by atoms with E-state index in [9.17, 15) is 9.59 Å². The third kappa shape index (κ3) is 1.58. The number of carbonyl (C=O) groups excluding carboxylic acids is 2. The van der Waals surface area contributed by atoms with E-state index in [0.717, 1.165) is 29.7 Å². The third-order valence-electron chi connectivity index (χ3n) is 3.14. The van der Waals surface area contributed by atoms with Crippen LogP contribution in [-0.2, 0) is 4.79 Å². The standard InChI is InChI=1S/C14H13NO2/c1-9(16)8-15-13(10-6-7-10)11-4-2-3-5-12(11)14(15)17/h2-5H,6-8H2,1H3. The van der Waals surface area contributed by atoms with E-state index in [1.807, 2.05) is 24.3 Å². The number of carbonyl (C=O) groups is 2. The quantitative estimate of drug-likeness (QED) is 0.777. The lowest BCUT2D eigenvalue weighted by atomic mass is 10.1. The molecule has 17 heavy (non-hydrogen) atoms. The molecular weight excluding hydrogens is 214 g/mol. The Labute approximate surface area is 99.7 Å². The molecular formula is C14H13NO2. The fourth-order valence-electron chi connectivity index (χ4n) is 2.32. The predicted octanol–water partition coefficient (Wildman–Crippen LogP) is 2.24. The van der Waals surface area contributed by atoms with Crippen LogP contribution in [0.3, 0.4) is 0 Å². The number of hydrogen-bond acceptors (Lipinski definition) is 2. The Morgan fingerprint density at radius 2 is 1.88 bits per heavy atom. The number of benzene rings is 1. The van der Waals surface area contributed by atoms with Crippen molar-refractivity contribution < 1.29 is 9.59 Å². The number of Topliss-reactive ketones (excluding diaryl/α,β-unsaturated/α-hetero) is 1. The van der Waals surface area contributed by atoms with Crippen molar-refractivity contribution in [2.24, 2.45) is 0 Å². The number of hydrogen-bond donors (Lipinski definition) is 0. The molecule has 3 nitrogen and oxygen atoms in total. The Balaban J connectivity index is 2.12. The van der Waals surface area contributed by atoms with Gasteiger partial charge < -0.3 is 4.90 Å². The van der Waals surface area contributed by atoms with Crippen LogP contribution in [0.4, 0.5) is 0 Å². The second-order valence-electron chi connectivity index (χ2n) is 4.59. The Kier molecular flexibility index (Phi) is 2.15. The minimum atomic E-state index is -0.0369. The largest absolute Gasteiger partial charge is 0.300 e. The van der Waals surface area contributed by atoms with E-state index in [0.29, 0.717) is 0 Å². The monoisotopic (exact) mass is 227 g/mol. The molecule has 1 aliphatic heterocycles. The zero-order valence-electron chi connectivity index (χ0n) is 9.69. The Morgan fingerprint density at radius 3 is 2.47 bits per heavy atom. The van der Waals surface area contributed by atoms with Crippen molar-refractivity contribution >= 4 is 17.4 Å². The van der Waals surface area contributed by atoms with Crippen molar-refractivity contribution in [3.8, 4) is 0 Å². The van der Waals surface area contributed by atoms with Crippen LogP contribution in [0.15, 0.2) is 29.8 Å². The number of fused-ring (bicyclic) bond motifs is 1. The molecule has 0 saturated heterocycles. The number of ketones is 1. The Bertz CT molecular complexity index is 551. The maximum atomic E-state index is 12.2. The van der Waals surface area contributed by atoms with E-state index in [1.165, 1.54) is 12.5 Å². The lowest BCUT2D eigenvalue weighted by Gasteiger charge is -2.16. The van der Waals surface area contributed by atoms with Gasteiger partial charge in [-0.2, -0.15) is 0 Å². The van der Waals surface area contributed by atoms with E-state index in [-0.39, 0.29) is 18.2 Å². The highest BCUT2D eigenvalue weighted by Crippen LogP contribution is 2.43. The predicted molar refractivity (Wildman–Crippen MR) is 64.3 cm³/mol. The van der Waals surface area contributed by atoms with Crippen LogP contribution >= 0.6 is 0 Å². The number of allylic oxidation sites excluding steroid dienone is 1. The summed E-state index contributed by atoms with van der Waals surface area (Å²) in [6, 6.07) is 7.60. The number of rotatable bonds is 2. The highest BCUT2D eigenvalue weighted by atomic mass is 16.2. The molecule has 1 amide bonds. The molecule has 1 aliphatic carbocycles. The average Bonchev–Trinajstić information content (AvgIpc) is 3.08. The van der Waals surface area contributed by atoms with Gasteiger partial charge in [0.1, 0.15) is 5.78 Å². The van der Waals surface area contributed by atoms with Crippen molar-refractivity contribution in [2.45, 2.75) is 19.8 Å². The molecule has 3 rings (SSSR count). The molecule has 1 aromatic rings. The van der Waals surface area contributed by atoms with Crippen LogP contribution in [0.25, 0.3) is 5.70 Å². The smallest absolute Gasteiger partial charge is 0.259 e. The van der Waals surface area contributed by atoms with Gasteiger partial charge >= 0.3 is 0 Å². The molecule has 1 fully saturated rings. The average molecular weight is 227 g/mol. The summed E-state index contributed by atoms with van der Waals surface area (Å²) in [6.07, 6.45) is 2.09. The topological polar surface area (TPSA) is 37.4 Å². The molecule has 86 valence electrons. The molecule has 1 saturated carbocycles. The molecule has 0 aromatic heterocycles. The van der Waals surface area contributed by atoms with Gasteiger partial charge in [-0.05, 0) is 31.4 Å². The Morgan fingerprint density at radius 1 is 1.24 bits per heavy atom. The van der Waals surface area contributed by atoms with Crippen LogP contribution in [0.2, 0.25) is 0 Å². The summed E-state index contributed by atoms with van der Waals surface area (Å²) in [4.78, 5) is 25.1. The third-order valence-corrected chi connectivity index (χ3v) is 3.14. The first-order chi connectivity index (χ1) is 8.18. The Hall–Kier alpha value is -1.90. The van der Waals surface area contributed by atoms with Gasteiger partial charge in [-0.15, -0.1) is 0 Å². The molecule has 1 aromatic carbocycles. The molecule has 0 unspecified atom stereocenters. The van der Waals surface area contributed by atoms with Crippen LogP contribution in [0, 0.1) is 0 Å². The molecule has 0 radical (unpaired) electrons. The SMILES string of the molecule is CC(=O)CN1C(=O)c2ccccc2C1=C1CC1. The van der Waals surface area contributed by atoms with Gasteiger partial charge in [-0.1, -0.05) is 18.2 Å². The number of amides is 1. The van der Waals surface area contributed by atoms with Crippen molar-refractivity contribution in [1.82, 2.24) is 4.90 Å². The van der Waals surface area contributed by atoms with Crippen LogP contribution in [0.5, 0.6) is 0 Å². The zero-order valence-corrected chi connectivity index (χ0v) is 9.69. The summed E-state index contributed by atoms with van der Waals surface area (Å²) in [6.45, 7) is 1.71. The molecule has 0 spiro atoms. The van der Waals surface area contributed by atoms with E-state index >= 15 is 0 Å². The first kappa shape index (κ1) is 10.3. The first-order valence-electron chi connectivity index (χ1n) is 5.81. The zero-order chi connectivity index (χ0) is 12.0. The van der Waals surface area contributed by atoms with E-state index in [2.05, 4.69) is 0 Å². The van der Waals surface area contributed by atoms with E-state index in [1.54, 1.807) is 4.90 Å². The van der Waals surface area contributed by atoms with Crippen LogP contribution < -0.4 is 0 Å². The summed E-state index contributed by atoms with van der Waals surface area (Å²) in [5.74, 6) is -0.0184. The van der Waals surface area contributed by atoms with E-state index < -0.39 is 0 Å². The van der Waals surface area contributed by atoms with E-state index in [4.69, 9.17) is 0 Å². The molecule has 1 heterocycles. The molecule has 0 N–H and O–H groups in total. The second kappa shape index (κ2) is 3.55. The van der Waals surface area contributed by atoms with Crippen molar-refractivity contribution in [3.63, 3.8) is 0 Å². The van der Waals surface area contributed by atoms with Gasteiger partial charge in [0.25, 0.3) is 5.91 Å². The van der Waals surface area contributed by atoms with Gasteiger partial charge in [0.15, 0.2) is 0 Å². The molecule has 2 aliphatic rings. The lowest BCUT2D eigenvalue weighted by Crippen LogP contribution is -2.28. The maximum absolute atomic E-state index is 12.2. The van der Waals surface area contributed by atoms with Crippen molar-refractivity contribution in [3.05, 3.63) is 41.0 Å². The highest BCUT2D eigenvalue weighted by molar-refractivity contribution is 6.11. The van der Waals surface area contributed by atoms with Gasteiger partial charge in [-0.25, -0.2) is 0 Å². The summed E-state index contributed by atoms with van der Waals surface area (Å²) >= 11 is 0. The van der Waals surface area contributed by atoms with Gasteiger partial charge in [0.2, 0.25) is 0 Å². The van der Waals surface area contributed by atoms with Crippen LogP contribution in [0.1, 0.15) is 35.7 Å². The fraction of sp³-hybridized carbons (Fsp3) is 0.286. The van der Waals surface area contributed by atoms with Crippen molar-refractivity contribution in [2.75, 3.05) is 6.54 Å². The summed E-state index contributed by atoms with van der Waals surface area (Å²) in [5.41, 5.74) is 4.00. The summed E-state index contributed by atoms with van der Waals surface area (Å²) in [7, 11) is 0. The summed E-state index contributed by atoms with van der Waals surface area (Å²) in [5, 5.41) is 0. The van der Waals surface area contributed by atoms with Gasteiger partial charge in [0, 0.05) is 11.1 Å². The van der Waals surface area contributed by atoms with Crippen molar-refractivity contribution in [1.29, 1.82) is 0 Å². The van der Waals surface area contributed by atoms with Gasteiger partial charge in [0.05, 0.1) is 12.2 Å². The minimum Gasteiger partial charge on any atom is -0.300 e.